The molecule has 0 fully saturated rings. The summed E-state index contributed by atoms with van der Waals surface area (Å²) < 4.78 is 0. The molecule has 0 bridgehead atoms. The van der Waals surface area contributed by atoms with Crippen molar-refractivity contribution in [3.63, 3.8) is 0 Å². The summed E-state index contributed by atoms with van der Waals surface area (Å²) in [6.45, 7) is 0. The standard InChI is InChI=1S/2C2H2O4.K.3H2O/c2*3-1(4)2(5)6;;;;/h2*(H,3,4)(H,5,6);;3*1H2. The summed E-state index contributed by atoms with van der Waals surface area (Å²) in [5.74, 6) is -7.30. The third kappa shape index (κ3) is 37.6. The molecule has 0 aliphatic carbocycles. The zero-order chi connectivity index (χ0) is 10.3. The van der Waals surface area contributed by atoms with E-state index in [1.54, 1.807) is 0 Å². The topological polar surface area (TPSA) is 244 Å². The van der Waals surface area contributed by atoms with Crippen LogP contribution in [0.3, 0.4) is 0 Å². The van der Waals surface area contributed by atoms with Crippen LogP contribution in [0, 0.1) is 0 Å². The van der Waals surface area contributed by atoms with Gasteiger partial charge in [0.25, 0.3) is 0 Å². The summed E-state index contributed by atoms with van der Waals surface area (Å²) in [7, 11) is 0. The number of hydrogen-bond acceptors (Lipinski definition) is 4. The molecule has 0 heterocycles. The minimum Gasteiger partial charge on any atom is -0.473 e. The van der Waals surface area contributed by atoms with E-state index in [4.69, 9.17) is 39.6 Å². The van der Waals surface area contributed by atoms with E-state index >= 15 is 0 Å². The summed E-state index contributed by atoms with van der Waals surface area (Å²) in [5.41, 5.74) is 0. The zero-order valence-electron chi connectivity index (χ0n) is 7.92. The Hall–Kier alpha value is -0.604. The number of rotatable bonds is 0. The van der Waals surface area contributed by atoms with Gasteiger partial charge in [-0.3, -0.25) is 0 Å². The second kappa shape index (κ2) is 19.9. The molecular weight excluding hydrogens is 263 g/mol. The monoisotopic (exact) mass is 273 g/mol. The molecule has 0 saturated carbocycles. The van der Waals surface area contributed by atoms with Crippen LogP contribution >= 0.6 is 0 Å². The molecule has 0 aromatic heterocycles. The molecule has 0 aliphatic rings. The molecule has 0 unspecified atom stereocenters. The van der Waals surface area contributed by atoms with Crippen LogP contribution in [-0.4, -0.2) is 112 Å². The Morgan fingerprint density at radius 2 is 0.562 bits per heavy atom. The van der Waals surface area contributed by atoms with E-state index in [0.717, 1.165) is 0 Å². The summed E-state index contributed by atoms with van der Waals surface area (Å²) in [6.07, 6.45) is 0. The van der Waals surface area contributed by atoms with Gasteiger partial charge in [0.05, 0.1) is 0 Å². The van der Waals surface area contributed by atoms with Gasteiger partial charge < -0.3 is 36.9 Å². The largest absolute Gasteiger partial charge is 0.473 e. The average molecular weight is 273 g/mol. The van der Waals surface area contributed by atoms with Crippen LogP contribution in [0.5, 0.6) is 0 Å². The molecule has 0 saturated heterocycles. The predicted octanol–water partition coefficient (Wildman–Crippen LogP) is -4.54. The Labute approximate surface area is 130 Å². The maximum absolute atomic E-state index is 9.10. The first-order valence-corrected chi connectivity index (χ1v) is 2.21. The number of aliphatic carboxylic acids is 4. The molecule has 0 aromatic carbocycles. The van der Waals surface area contributed by atoms with Gasteiger partial charge in [-0.1, -0.05) is 0 Å². The molecule has 11 nitrogen and oxygen atoms in total. The van der Waals surface area contributed by atoms with Crippen molar-refractivity contribution >= 4 is 75.3 Å². The Balaban J connectivity index is -0.0000000250. The van der Waals surface area contributed by atoms with Crippen molar-refractivity contribution in [3.8, 4) is 0 Å². The van der Waals surface area contributed by atoms with Gasteiger partial charge in [0.1, 0.15) is 0 Å². The van der Waals surface area contributed by atoms with Gasteiger partial charge in [-0.05, 0) is 0 Å². The van der Waals surface area contributed by atoms with E-state index < -0.39 is 23.9 Å². The van der Waals surface area contributed by atoms with Crippen LogP contribution in [0.25, 0.3) is 0 Å². The third-order valence-electron chi connectivity index (χ3n) is 0.366. The average Bonchev–Trinajstić information content (AvgIpc) is 1.88. The van der Waals surface area contributed by atoms with Gasteiger partial charge in [0.15, 0.2) is 0 Å². The molecule has 16 heavy (non-hydrogen) atoms. The van der Waals surface area contributed by atoms with Gasteiger partial charge in [-0.2, -0.15) is 0 Å². The van der Waals surface area contributed by atoms with Crippen LogP contribution in [0.4, 0.5) is 0 Å². The SMILES string of the molecule is O.O.O.O=C(O)C(=O)O.O=C(O)C(=O)O.[K]. The summed E-state index contributed by atoms with van der Waals surface area (Å²) in [4.78, 5) is 36.4. The first-order valence-electron chi connectivity index (χ1n) is 2.21. The van der Waals surface area contributed by atoms with E-state index in [1.807, 2.05) is 0 Å². The molecule has 1 radical (unpaired) electrons. The molecule has 10 N–H and O–H groups in total. The smallest absolute Gasteiger partial charge is 0.414 e. The summed E-state index contributed by atoms with van der Waals surface area (Å²) in [5, 5.41) is 29.6. The van der Waals surface area contributed by atoms with Crippen molar-refractivity contribution in [2.75, 3.05) is 0 Å². The maximum atomic E-state index is 9.10. The van der Waals surface area contributed by atoms with Gasteiger partial charge in [0.2, 0.25) is 0 Å². The number of carboxylic acids is 4. The van der Waals surface area contributed by atoms with Crippen molar-refractivity contribution in [1.29, 1.82) is 0 Å². The van der Waals surface area contributed by atoms with Crippen molar-refractivity contribution in [2.24, 2.45) is 0 Å². The minimum atomic E-state index is -1.82. The first kappa shape index (κ1) is 36.1. The molecule has 0 aromatic rings. The molecule has 0 atom stereocenters. The van der Waals surface area contributed by atoms with Crippen LogP contribution in [0.1, 0.15) is 0 Å². The first-order chi connectivity index (χ1) is 5.29. The summed E-state index contributed by atoms with van der Waals surface area (Å²) >= 11 is 0. The fourth-order valence-electron chi connectivity index (χ4n) is 0. The fraction of sp³-hybridized carbons (Fsp3) is 0. The number of hydrogen-bond donors (Lipinski definition) is 4. The van der Waals surface area contributed by atoms with Crippen molar-refractivity contribution in [3.05, 3.63) is 0 Å². The normalized spacial score (nSPS) is 5.50. The Bertz CT molecular complexity index is 174. The number of carbonyl (C=O) groups is 4. The van der Waals surface area contributed by atoms with Crippen molar-refractivity contribution in [2.45, 2.75) is 0 Å². The van der Waals surface area contributed by atoms with E-state index in [9.17, 15) is 0 Å². The van der Waals surface area contributed by atoms with Crippen LogP contribution < -0.4 is 0 Å². The molecular formula is C4H10KO11. The second-order valence-corrected chi connectivity index (χ2v) is 1.22. The summed E-state index contributed by atoms with van der Waals surface area (Å²) in [6, 6.07) is 0. The Morgan fingerprint density at radius 1 is 0.500 bits per heavy atom. The molecule has 0 aliphatic heterocycles. The quantitative estimate of drug-likeness (QED) is 0.246. The van der Waals surface area contributed by atoms with Crippen LogP contribution in [0.2, 0.25) is 0 Å². The van der Waals surface area contributed by atoms with E-state index in [0.29, 0.717) is 0 Å². The van der Waals surface area contributed by atoms with Gasteiger partial charge in [0, 0.05) is 51.4 Å². The third-order valence-corrected chi connectivity index (χ3v) is 0.366. The van der Waals surface area contributed by atoms with Crippen LogP contribution in [0.15, 0.2) is 0 Å². The van der Waals surface area contributed by atoms with E-state index in [-0.39, 0.29) is 67.8 Å². The van der Waals surface area contributed by atoms with Gasteiger partial charge in [-0.25, -0.2) is 19.2 Å². The second-order valence-electron chi connectivity index (χ2n) is 1.22. The van der Waals surface area contributed by atoms with Gasteiger partial charge >= 0.3 is 23.9 Å². The Kier molecular flexibility index (Phi) is 44.9. The molecule has 0 rings (SSSR count). The van der Waals surface area contributed by atoms with Gasteiger partial charge in [-0.15, -0.1) is 0 Å². The molecule has 0 amide bonds. The molecule has 93 valence electrons. The predicted molar refractivity (Wildman–Crippen MR) is 47.1 cm³/mol. The molecule has 0 spiro atoms. The molecule has 12 heteroatoms. The van der Waals surface area contributed by atoms with Crippen LogP contribution in [-0.2, 0) is 19.2 Å². The zero-order valence-corrected chi connectivity index (χ0v) is 11.0. The van der Waals surface area contributed by atoms with E-state index in [2.05, 4.69) is 0 Å². The number of carboxylic acid groups (broad SMARTS) is 4. The van der Waals surface area contributed by atoms with Crippen molar-refractivity contribution in [1.82, 2.24) is 0 Å². The minimum absolute atomic E-state index is 0. The fourth-order valence-corrected chi connectivity index (χ4v) is 0. The van der Waals surface area contributed by atoms with E-state index in [1.165, 1.54) is 0 Å². The maximum Gasteiger partial charge on any atom is 0.414 e. The Morgan fingerprint density at radius 3 is 0.562 bits per heavy atom. The van der Waals surface area contributed by atoms with Crippen molar-refractivity contribution < 1.29 is 56.0 Å².